The smallest absolute Gasteiger partial charge is 0.154 e. The lowest BCUT2D eigenvalue weighted by Gasteiger charge is -2.37. The summed E-state index contributed by atoms with van der Waals surface area (Å²) >= 11 is 0. The fourth-order valence-corrected chi connectivity index (χ4v) is 3.19. The molecule has 5 nitrogen and oxygen atoms in total. The minimum atomic E-state index is 0.541. The van der Waals surface area contributed by atoms with Gasteiger partial charge in [-0.15, -0.1) is 0 Å². The Kier molecular flexibility index (Phi) is 4.39. The van der Waals surface area contributed by atoms with Crippen LogP contribution in [0.15, 0.2) is 18.5 Å². The predicted octanol–water partition coefficient (Wildman–Crippen LogP) is 2.40. The highest BCUT2D eigenvalue weighted by atomic mass is 15.3. The number of nitrogens with zero attached hydrogens (tertiary/aromatic N) is 4. The molecule has 114 valence electrons. The molecule has 0 aromatic carbocycles. The third kappa shape index (κ3) is 3.02. The van der Waals surface area contributed by atoms with Gasteiger partial charge in [-0.2, -0.15) is 5.10 Å². The van der Waals surface area contributed by atoms with Crippen molar-refractivity contribution < 1.29 is 0 Å². The first kappa shape index (κ1) is 14.3. The van der Waals surface area contributed by atoms with Gasteiger partial charge in [-0.05, 0) is 45.2 Å². The van der Waals surface area contributed by atoms with Crippen molar-refractivity contribution in [3.63, 3.8) is 0 Å². The molecular weight excluding hydrogens is 262 g/mol. The maximum atomic E-state index is 4.66. The van der Waals surface area contributed by atoms with Gasteiger partial charge in [0.1, 0.15) is 5.52 Å². The second kappa shape index (κ2) is 6.43. The van der Waals surface area contributed by atoms with Gasteiger partial charge in [-0.1, -0.05) is 6.92 Å². The first-order chi connectivity index (χ1) is 10.3. The van der Waals surface area contributed by atoms with Crippen LogP contribution < -0.4 is 10.2 Å². The molecule has 1 saturated heterocycles. The Hall–Kier alpha value is -1.62. The van der Waals surface area contributed by atoms with E-state index in [9.17, 15) is 0 Å². The van der Waals surface area contributed by atoms with Crippen molar-refractivity contribution in [3.8, 4) is 0 Å². The molecule has 2 aromatic heterocycles. The molecule has 0 amide bonds. The van der Waals surface area contributed by atoms with Crippen LogP contribution in [0.3, 0.4) is 0 Å². The van der Waals surface area contributed by atoms with E-state index >= 15 is 0 Å². The van der Waals surface area contributed by atoms with Crippen LogP contribution in [0.1, 0.15) is 38.3 Å². The van der Waals surface area contributed by atoms with Gasteiger partial charge in [0.25, 0.3) is 0 Å². The topological polar surface area (TPSA) is 45.5 Å². The molecule has 1 aliphatic rings. The summed E-state index contributed by atoms with van der Waals surface area (Å²) < 4.78 is 1.95. The third-order valence-electron chi connectivity index (χ3n) is 4.20. The van der Waals surface area contributed by atoms with Gasteiger partial charge in [0.15, 0.2) is 5.82 Å². The van der Waals surface area contributed by atoms with Gasteiger partial charge in [0.05, 0.1) is 5.69 Å². The fourth-order valence-electron chi connectivity index (χ4n) is 3.19. The summed E-state index contributed by atoms with van der Waals surface area (Å²) in [6.45, 7) is 7.48. The number of hydrogen-bond donors (Lipinski definition) is 1. The van der Waals surface area contributed by atoms with Crippen LogP contribution in [0, 0.1) is 6.92 Å². The van der Waals surface area contributed by atoms with Crippen molar-refractivity contribution in [1.29, 1.82) is 0 Å². The molecule has 0 saturated carbocycles. The van der Waals surface area contributed by atoms with E-state index in [0.29, 0.717) is 6.04 Å². The number of piperidine rings is 1. The zero-order valence-corrected chi connectivity index (χ0v) is 13.0. The number of aromatic nitrogens is 3. The average molecular weight is 287 g/mol. The van der Waals surface area contributed by atoms with E-state index in [4.69, 9.17) is 0 Å². The molecule has 0 aliphatic carbocycles. The summed E-state index contributed by atoms with van der Waals surface area (Å²) in [5.74, 6) is 1.08. The van der Waals surface area contributed by atoms with Gasteiger partial charge in [0, 0.05) is 31.5 Å². The highest BCUT2D eigenvalue weighted by molar-refractivity contribution is 5.69. The Morgan fingerprint density at radius 2 is 2.29 bits per heavy atom. The van der Waals surface area contributed by atoms with Crippen LogP contribution >= 0.6 is 0 Å². The van der Waals surface area contributed by atoms with Gasteiger partial charge in [-0.25, -0.2) is 9.50 Å². The molecule has 0 spiro atoms. The molecule has 0 bridgehead atoms. The summed E-state index contributed by atoms with van der Waals surface area (Å²) in [5, 5.41) is 8.07. The van der Waals surface area contributed by atoms with E-state index in [2.05, 4.69) is 33.3 Å². The third-order valence-corrected chi connectivity index (χ3v) is 4.20. The van der Waals surface area contributed by atoms with Crippen molar-refractivity contribution in [2.24, 2.45) is 0 Å². The lowest BCUT2D eigenvalue weighted by molar-refractivity contribution is 0.433. The van der Waals surface area contributed by atoms with Gasteiger partial charge in [-0.3, -0.25) is 0 Å². The van der Waals surface area contributed by atoms with E-state index < -0.39 is 0 Å². The summed E-state index contributed by atoms with van der Waals surface area (Å²) in [6.07, 6.45) is 8.78. The Labute approximate surface area is 126 Å². The number of aryl methyl sites for hydroxylation is 1. The number of rotatable bonds is 5. The highest BCUT2D eigenvalue weighted by Crippen LogP contribution is 2.26. The van der Waals surface area contributed by atoms with E-state index in [1.165, 1.54) is 25.7 Å². The van der Waals surface area contributed by atoms with Crippen molar-refractivity contribution >= 4 is 11.3 Å². The monoisotopic (exact) mass is 287 g/mol. The highest BCUT2D eigenvalue weighted by Gasteiger charge is 2.25. The van der Waals surface area contributed by atoms with E-state index in [-0.39, 0.29) is 0 Å². The van der Waals surface area contributed by atoms with Crippen molar-refractivity contribution in [3.05, 3.63) is 24.2 Å². The SMILES string of the molecule is CCCNCC1CCCCN1c1nccn2nc(C)cc12. The Bertz CT molecular complexity index is 591. The summed E-state index contributed by atoms with van der Waals surface area (Å²) in [4.78, 5) is 7.13. The fraction of sp³-hybridized carbons (Fsp3) is 0.625. The summed E-state index contributed by atoms with van der Waals surface area (Å²) in [7, 11) is 0. The molecule has 1 atom stereocenters. The molecule has 0 radical (unpaired) electrons. The Morgan fingerprint density at radius 1 is 1.38 bits per heavy atom. The van der Waals surface area contributed by atoms with Crippen molar-refractivity contribution in [1.82, 2.24) is 19.9 Å². The zero-order chi connectivity index (χ0) is 14.7. The number of fused-ring (bicyclic) bond motifs is 1. The van der Waals surface area contributed by atoms with Crippen molar-refractivity contribution in [2.75, 3.05) is 24.5 Å². The first-order valence-corrected chi connectivity index (χ1v) is 8.08. The number of anilines is 1. The number of hydrogen-bond acceptors (Lipinski definition) is 4. The molecule has 2 aromatic rings. The maximum Gasteiger partial charge on any atom is 0.154 e. The van der Waals surface area contributed by atoms with E-state index in [1.54, 1.807) is 0 Å². The molecular formula is C16H25N5. The Morgan fingerprint density at radius 3 is 3.14 bits per heavy atom. The van der Waals surface area contributed by atoms with Gasteiger partial charge < -0.3 is 10.2 Å². The molecule has 1 aliphatic heterocycles. The standard InChI is InChI=1S/C16H25N5/c1-3-7-17-12-14-6-4-5-9-20(14)16-15-11-13(2)19-21(15)10-8-18-16/h8,10-11,14,17H,3-7,9,12H2,1-2H3. The van der Waals surface area contributed by atoms with E-state index in [0.717, 1.165) is 36.7 Å². The van der Waals surface area contributed by atoms with Gasteiger partial charge >= 0.3 is 0 Å². The van der Waals surface area contributed by atoms with Crippen LogP contribution in [0.25, 0.3) is 5.52 Å². The first-order valence-electron chi connectivity index (χ1n) is 8.08. The molecule has 21 heavy (non-hydrogen) atoms. The normalized spacial score (nSPS) is 19.3. The molecule has 1 unspecified atom stereocenters. The molecule has 3 heterocycles. The second-order valence-electron chi connectivity index (χ2n) is 5.91. The van der Waals surface area contributed by atoms with Crippen LogP contribution in [-0.2, 0) is 0 Å². The molecule has 1 N–H and O–H groups in total. The van der Waals surface area contributed by atoms with Crippen LogP contribution in [0.2, 0.25) is 0 Å². The zero-order valence-electron chi connectivity index (χ0n) is 13.0. The quantitative estimate of drug-likeness (QED) is 0.858. The van der Waals surface area contributed by atoms with Gasteiger partial charge in [0.2, 0.25) is 0 Å². The molecule has 5 heteroatoms. The number of nitrogens with one attached hydrogen (secondary N) is 1. The summed E-state index contributed by atoms with van der Waals surface area (Å²) in [5.41, 5.74) is 2.17. The van der Waals surface area contributed by atoms with Crippen LogP contribution in [0.4, 0.5) is 5.82 Å². The van der Waals surface area contributed by atoms with E-state index in [1.807, 2.05) is 23.8 Å². The average Bonchev–Trinajstić information content (AvgIpc) is 2.88. The van der Waals surface area contributed by atoms with Crippen LogP contribution in [0.5, 0.6) is 0 Å². The minimum Gasteiger partial charge on any atom is -0.351 e. The lowest BCUT2D eigenvalue weighted by Crippen LogP contribution is -2.46. The predicted molar refractivity (Wildman–Crippen MR) is 85.9 cm³/mol. The summed E-state index contributed by atoms with van der Waals surface area (Å²) in [6, 6.07) is 2.67. The minimum absolute atomic E-state index is 0.541. The Balaban J connectivity index is 1.87. The lowest BCUT2D eigenvalue weighted by atomic mass is 10.0. The van der Waals surface area contributed by atoms with Crippen molar-refractivity contribution in [2.45, 2.75) is 45.6 Å². The largest absolute Gasteiger partial charge is 0.351 e. The molecule has 1 fully saturated rings. The second-order valence-corrected chi connectivity index (χ2v) is 5.91. The maximum absolute atomic E-state index is 4.66. The van der Waals surface area contributed by atoms with Crippen LogP contribution in [-0.4, -0.2) is 40.3 Å². The molecule has 3 rings (SSSR count).